The van der Waals surface area contributed by atoms with Crippen molar-refractivity contribution in [3.05, 3.63) is 36.3 Å². The predicted octanol–water partition coefficient (Wildman–Crippen LogP) is 0.166. The van der Waals surface area contributed by atoms with Crippen LogP contribution < -0.4 is 10.1 Å². The van der Waals surface area contributed by atoms with E-state index in [0.29, 0.717) is 25.5 Å². The number of ether oxygens (including phenoxy) is 2. The molecule has 0 saturated carbocycles. The largest absolute Gasteiger partial charge is 0.472 e. The summed E-state index contributed by atoms with van der Waals surface area (Å²) in [4.78, 5) is 16.1. The number of hydrogen-bond donors (Lipinski definition) is 2. The molecule has 1 fully saturated rings. The van der Waals surface area contributed by atoms with Crippen molar-refractivity contribution in [2.45, 2.75) is 18.6 Å². The van der Waals surface area contributed by atoms with Gasteiger partial charge in [0.05, 0.1) is 25.5 Å². The van der Waals surface area contributed by atoms with E-state index in [1.54, 1.807) is 12.3 Å². The minimum absolute atomic E-state index is 0.190. The monoisotopic (exact) mass is 289 g/mol. The first-order chi connectivity index (χ1) is 10.3. The van der Waals surface area contributed by atoms with Crippen molar-refractivity contribution in [1.29, 1.82) is 0 Å². The molecular formula is C13H15N5O3. The number of H-pyrrole nitrogens is 1. The smallest absolute Gasteiger partial charge is 0.273 e. The molecule has 3 heterocycles. The Bertz CT molecular complexity index is 575. The number of nitrogens with one attached hydrogen (secondary N) is 2. The van der Waals surface area contributed by atoms with Crippen molar-refractivity contribution in [2.24, 2.45) is 0 Å². The standard InChI is InChI=1S/C13H15N5O3/c19-13(9-7-15-18-17-9)16-10-8-20-6-4-11(10)21-12-3-1-2-5-14-12/h1-3,5,7,10-11H,4,6,8H2,(H,16,19)(H,15,17,18)/t10-,11-/m1/s1. The van der Waals surface area contributed by atoms with Crippen LogP contribution >= 0.6 is 0 Å². The number of nitrogens with zero attached hydrogens (tertiary/aromatic N) is 3. The first kappa shape index (κ1) is 13.5. The van der Waals surface area contributed by atoms with Gasteiger partial charge in [0.25, 0.3) is 5.91 Å². The van der Waals surface area contributed by atoms with E-state index in [4.69, 9.17) is 9.47 Å². The lowest BCUT2D eigenvalue weighted by Crippen LogP contribution is -2.52. The molecule has 8 nitrogen and oxygen atoms in total. The molecule has 1 aliphatic rings. The number of rotatable bonds is 4. The zero-order chi connectivity index (χ0) is 14.5. The first-order valence-electron chi connectivity index (χ1n) is 6.65. The van der Waals surface area contributed by atoms with Gasteiger partial charge in [-0.1, -0.05) is 6.07 Å². The summed E-state index contributed by atoms with van der Waals surface area (Å²) in [5.74, 6) is 0.221. The fourth-order valence-electron chi connectivity index (χ4n) is 2.12. The van der Waals surface area contributed by atoms with E-state index in [2.05, 4.69) is 25.7 Å². The molecule has 0 aromatic carbocycles. The van der Waals surface area contributed by atoms with Gasteiger partial charge >= 0.3 is 0 Å². The predicted molar refractivity (Wildman–Crippen MR) is 71.7 cm³/mol. The summed E-state index contributed by atoms with van der Waals surface area (Å²) in [7, 11) is 0. The lowest BCUT2D eigenvalue weighted by molar-refractivity contribution is -0.00454. The summed E-state index contributed by atoms with van der Waals surface area (Å²) in [5.41, 5.74) is 0.233. The van der Waals surface area contributed by atoms with Gasteiger partial charge in [0.15, 0.2) is 5.69 Å². The van der Waals surface area contributed by atoms with E-state index in [-0.39, 0.29) is 23.7 Å². The van der Waals surface area contributed by atoms with Gasteiger partial charge < -0.3 is 14.8 Å². The van der Waals surface area contributed by atoms with Crippen molar-refractivity contribution >= 4 is 5.91 Å². The summed E-state index contributed by atoms with van der Waals surface area (Å²) < 4.78 is 11.2. The van der Waals surface area contributed by atoms with Crippen LogP contribution in [0.25, 0.3) is 0 Å². The van der Waals surface area contributed by atoms with Crippen molar-refractivity contribution in [3.8, 4) is 5.88 Å². The van der Waals surface area contributed by atoms with Crippen molar-refractivity contribution in [2.75, 3.05) is 13.2 Å². The highest BCUT2D eigenvalue weighted by molar-refractivity contribution is 5.92. The van der Waals surface area contributed by atoms with E-state index in [1.807, 2.05) is 12.1 Å². The summed E-state index contributed by atoms with van der Waals surface area (Å²) in [5, 5.41) is 12.6. The van der Waals surface area contributed by atoms with Gasteiger partial charge in [0, 0.05) is 18.7 Å². The lowest BCUT2D eigenvalue weighted by atomic mass is 10.1. The Hall–Kier alpha value is -2.48. The molecule has 2 atom stereocenters. The maximum Gasteiger partial charge on any atom is 0.273 e. The minimum atomic E-state index is -0.311. The van der Waals surface area contributed by atoms with E-state index in [9.17, 15) is 4.79 Å². The molecule has 1 amide bonds. The Balaban J connectivity index is 1.65. The molecule has 0 unspecified atom stereocenters. The molecule has 2 aromatic heterocycles. The zero-order valence-electron chi connectivity index (χ0n) is 11.2. The normalized spacial score (nSPS) is 21.7. The molecule has 3 rings (SSSR count). The number of amides is 1. The Labute approximate surface area is 120 Å². The maximum absolute atomic E-state index is 12.0. The summed E-state index contributed by atoms with van der Waals surface area (Å²) in [6.45, 7) is 0.981. The number of carbonyl (C=O) groups is 1. The topological polar surface area (TPSA) is 102 Å². The zero-order valence-corrected chi connectivity index (χ0v) is 11.2. The SMILES string of the molecule is O=C(N[C@@H]1COCC[C@H]1Oc1ccccn1)c1cn[nH]n1. The second-order valence-electron chi connectivity index (χ2n) is 4.62. The highest BCUT2D eigenvalue weighted by Crippen LogP contribution is 2.16. The van der Waals surface area contributed by atoms with Gasteiger partial charge in [0.2, 0.25) is 5.88 Å². The summed E-state index contributed by atoms with van der Waals surface area (Å²) in [6.07, 6.45) is 3.52. The number of aromatic nitrogens is 4. The van der Waals surface area contributed by atoms with Crippen LogP contribution in [0.1, 0.15) is 16.9 Å². The molecule has 0 spiro atoms. The molecule has 1 saturated heterocycles. The van der Waals surface area contributed by atoms with E-state index >= 15 is 0 Å². The Kier molecular flexibility index (Phi) is 4.06. The highest BCUT2D eigenvalue weighted by atomic mass is 16.5. The van der Waals surface area contributed by atoms with Crippen LogP contribution in [0, 0.1) is 0 Å². The van der Waals surface area contributed by atoms with Gasteiger partial charge in [-0.05, 0) is 6.07 Å². The van der Waals surface area contributed by atoms with Crippen LogP contribution in [-0.2, 0) is 4.74 Å². The molecule has 110 valence electrons. The molecule has 2 N–H and O–H groups in total. The van der Waals surface area contributed by atoms with E-state index in [0.717, 1.165) is 0 Å². The fraction of sp³-hybridized carbons (Fsp3) is 0.385. The van der Waals surface area contributed by atoms with Crippen LogP contribution in [0.4, 0.5) is 0 Å². The third kappa shape index (κ3) is 3.34. The minimum Gasteiger partial charge on any atom is -0.472 e. The highest BCUT2D eigenvalue weighted by Gasteiger charge is 2.30. The molecule has 1 aliphatic heterocycles. The number of carbonyl (C=O) groups excluding carboxylic acids is 1. The van der Waals surface area contributed by atoms with Crippen LogP contribution in [-0.4, -0.2) is 51.7 Å². The molecule has 0 radical (unpaired) electrons. The summed E-state index contributed by atoms with van der Waals surface area (Å²) in [6, 6.07) is 5.20. The van der Waals surface area contributed by atoms with Crippen LogP contribution in [0.15, 0.2) is 30.6 Å². The van der Waals surface area contributed by atoms with E-state index in [1.165, 1.54) is 6.20 Å². The second kappa shape index (κ2) is 6.31. The maximum atomic E-state index is 12.0. The fourth-order valence-corrected chi connectivity index (χ4v) is 2.12. The van der Waals surface area contributed by atoms with Crippen LogP contribution in [0.3, 0.4) is 0 Å². The molecule has 21 heavy (non-hydrogen) atoms. The van der Waals surface area contributed by atoms with Gasteiger partial charge in [-0.25, -0.2) is 4.98 Å². The van der Waals surface area contributed by atoms with Crippen LogP contribution in [0.2, 0.25) is 0 Å². The molecule has 0 bridgehead atoms. The van der Waals surface area contributed by atoms with E-state index < -0.39 is 0 Å². The van der Waals surface area contributed by atoms with Crippen molar-refractivity contribution < 1.29 is 14.3 Å². The molecular weight excluding hydrogens is 274 g/mol. The Morgan fingerprint density at radius 2 is 2.43 bits per heavy atom. The quantitative estimate of drug-likeness (QED) is 0.831. The Morgan fingerprint density at radius 3 is 3.19 bits per heavy atom. The Morgan fingerprint density at radius 1 is 1.48 bits per heavy atom. The lowest BCUT2D eigenvalue weighted by Gasteiger charge is -2.31. The van der Waals surface area contributed by atoms with Gasteiger partial charge in [-0.2, -0.15) is 15.4 Å². The molecule has 0 aliphatic carbocycles. The number of aromatic amines is 1. The molecule has 8 heteroatoms. The van der Waals surface area contributed by atoms with Crippen molar-refractivity contribution in [3.63, 3.8) is 0 Å². The van der Waals surface area contributed by atoms with Crippen molar-refractivity contribution in [1.82, 2.24) is 25.7 Å². The molecule has 2 aromatic rings. The van der Waals surface area contributed by atoms with Gasteiger partial charge in [0.1, 0.15) is 6.10 Å². The summed E-state index contributed by atoms with van der Waals surface area (Å²) >= 11 is 0. The number of pyridine rings is 1. The number of hydrogen-bond acceptors (Lipinski definition) is 6. The third-order valence-electron chi connectivity index (χ3n) is 3.17. The van der Waals surface area contributed by atoms with Gasteiger partial charge in [-0.15, -0.1) is 0 Å². The average Bonchev–Trinajstić information content (AvgIpc) is 3.05. The van der Waals surface area contributed by atoms with Gasteiger partial charge in [-0.3, -0.25) is 4.79 Å². The first-order valence-corrected chi connectivity index (χ1v) is 6.65. The second-order valence-corrected chi connectivity index (χ2v) is 4.62. The third-order valence-corrected chi connectivity index (χ3v) is 3.17. The van der Waals surface area contributed by atoms with Crippen LogP contribution in [0.5, 0.6) is 5.88 Å². The average molecular weight is 289 g/mol.